The van der Waals surface area contributed by atoms with Crippen molar-refractivity contribution >= 4 is 11.6 Å². The summed E-state index contributed by atoms with van der Waals surface area (Å²) in [5.41, 5.74) is 0. The van der Waals surface area contributed by atoms with Gasteiger partial charge in [0.1, 0.15) is 0 Å². The fourth-order valence-electron chi connectivity index (χ4n) is 0.736. The molecular weight excluding hydrogens is 144 g/mol. The van der Waals surface area contributed by atoms with Gasteiger partial charge in [-0.05, 0) is 0 Å². The predicted octanol–water partition coefficient (Wildman–Crippen LogP) is -0.307. The fourth-order valence-corrected chi connectivity index (χ4v) is 0.912. The summed E-state index contributed by atoms with van der Waals surface area (Å²) >= 11 is 5.55. The number of aliphatic hydroxyl groups excluding tert-OH is 2. The molecule has 2 N–H and O–H groups in total. The molecule has 0 aromatic heterocycles. The van der Waals surface area contributed by atoms with Gasteiger partial charge >= 0.3 is 0 Å². The van der Waals surface area contributed by atoms with Crippen molar-refractivity contribution in [3.63, 3.8) is 0 Å². The molecule has 0 amide bonds. The molecule has 1 aliphatic heterocycles. The van der Waals surface area contributed by atoms with E-state index in [0.717, 1.165) is 0 Å². The first kappa shape index (κ1) is 7.28. The summed E-state index contributed by atoms with van der Waals surface area (Å²) < 4.78 is 4.72. The van der Waals surface area contributed by atoms with Crippen LogP contribution >= 0.6 is 11.6 Å². The van der Waals surface area contributed by atoms with Crippen LogP contribution < -0.4 is 0 Å². The molecule has 0 bridgehead atoms. The maximum Gasteiger partial charge on any atom is 0.157 e. The molecule has 0 spiro atoms. The highest BCUT2D eigenvalue weighted by Gasteiger charge is 2.26. The normalized spacial score (nSPS) is 45.0. The van der Waals surface area contributed by atoms with Crippen LogP contribution in [0.2, 0.25) is 0 Å². The summed E-state index contributed by atoms with van der Waals surface area (Å²) in [5.74, 6) is 0. The number of halogens is 1. The van der Waals surface area contributed by atoms with Crippen molar-refractivity contribution in [3.8, 4) is 0 Å². The summed E-state index contributed by atoms with van der Waals surface area (Å²) in [6, 6.07) is 0. The lowest BCUT2D eigenvalue weighted by Gasteiger charge is -2.26. The molecule has 1 heterocycles. The largest absolute Gasteiger partial charge is 0.391 e. The van der Waals surface area contributed by atoms with Crippen molar-refractivity contribution in [2.75, 3.05) is 6.61 Å². The van der Waals surface area contributed by atoms with Crippen molar-refractivity contribution < 1.29 is 14.9 Å². The van der Waals surface area contributed by atoms with Gasteiger partial charge in [-0.1, -0.05) is 0 Å². The molecule has 0 unspecified atom stereocenters. The second kappa shape index (κ2) is 2.84. The van der Waals surface area contributed by atoms with Crippen LogP contribution in [0.4, 0.5) is 0 Å². The summed E-state index contributed by atoms with van der Waals surface area (Å²) in [7, 11) is 0. The zero-order chi connectivity index (χ0) is 6.85. The molecule has 0 saturated carbocycles. The smallest absolute Gasteiger partial charge is 0.157 e. The third-order valence-electron chi connectivity index (χ3n) is 1.31. The molecule has 1 aliphatic rings. The van der Waals surface area contributed by atoms with Gasteiger partial charge in [-0.2, -0.15) is 0 Å². The molecule has 3 atom stereocenters. The van der Waals surface area contributed by atoms with E-state index in [-0.39, 0.29) is 18.4 Å². The number of hydrogen-bond donors (Lipinski definition) is 2. The molecule has 54 valence electrons. The van der Waals surface area contributed by atoms with Gasteiger partial charge in [-0.25, -0.2) is 0 Å². The number of ether oxygens (including phenoxy) is 1. The highest BCUT2D eigenvalue weighted by molar-refractivity contribution is 6.21. The molecule has 1 saturated heterocycles. The Balaban J connectivity index is 2.35. The first-order valence-corrected chi connectivity index (χ1v) is 3.25. The minimum absolute atomic E-state index is 0.216. The van der Waals surface area contributed by atoms with Crippen molar-refractivity contribution in [1.29, 1.82) is 0 Å². The van der Waals surface area contributed by atoms with Gasteiger partial charge in [0.15, 0.2) is 6.29 Å². The van der Waals surface area contributed by atoms with Crippen LogP contribution in [0.15, 0.2) is 0 Å². The van der Waals surface area contributed by atoms with Gasteiger partial charge in [-0.3, -0.25) is 0 Å². The van der Waals surface area contributed by atoms with Crippen molar-refractivity contribution in [2.24, 2.45) is 0 Å². The Morgan fingerprint density at radius 1 is 1.44 bits per heavy atom. The first-order valence-electron chi connectivity index (χ1n) is 2.82. The Kier molecular flexibility index (Phi) is 2.29. The van der Waals surface area contributed by atoms with Crippen molar-refractivity contribution in [1.82, 2.24) is 0 Å². The van der Waals surface area contributed by atoms with Crippen molar-refractivity contribution in [2.45, 2.75) is 24.2 Å². The minimum atomic E-state index is -0.838. The predicted molar refractivity (Wildman–Crippen MR) is 32.2 cm³/mol. The van der Waals surface area contributed by atoms with E-state index in [1.807, 2.05) is 0 Å². The molecular formula is C5H9ClO3. The van der Waals surface area contributed by atoms with Gasteiger partial charge in [-0.15, -0.1) is 11.6 Å². The van der Waals surface area contributed by atoms with E-state index in [1.54, 1.807) is 0 Å². The lowest BCUT2D eigenvalue weighted by Crippen LogP contribution is -2.37. The Labute approximate surface area is 58.2 Å². The van der Waals surface area contributed by atoms with Gasteiger partial charge < -0.3 is 14.9 Å². The quantitative estimate of drug-likeness (QED) is 0.469. The highest BCUT2D eigenvalue weighted by Crippen LogP contribution is 2.16. The van der Waals surface area contributed by atoms with E-state index in [0.29, 0.717) is 0 Å². The average Bonchev–Trinajstić information content (AvgIpc) is 1.80. The number of hydrogen-bond acceptors (Lipinski definition) is 3. The van der Waals surface area contributed by atoms with Crippen LogP contribution in [0, 0.1) is 0 Å². The lowest BCUT2D eigenvalue weighted by atomic mass is 10.1. The first-order chi connectivity index (χ1) is 4.20. The molecule has 9 heavy (non-hydrogen) atoms. The molecule has 4 heteroatoms. The summed E-state index contributed by atoms with van der Waals surface area (Å²) in [6.07, 6.45) is -1.25. The number of alkyl halides is 1. The zero-order valence-electron chi connectivity index (χ0n) is 4.83. The average molecular weight is 153 g/mol. The SMILES string of the molecule is O[C@@H]1C[C@H](O)OC[C@H]1Cl. The monoisotopic (exact) mass is 152 g/mol. The van der Waals surface area contributed by atoms with E-state index < -0.39 is 12.4 Å². The Morgan fingerprint density at radius 3 is 2.56 bits per heavy atom. The molecule has 0 aromatic carbocycles. The Hall–Kier alpha value is 0.170. The van der Waals surface area contributed by atoms with Gasteiger partial charge in [0.2, 0.25) is 0 Å². The molecule has 3 nitrogen and oxygen atoms in total. The molecule has 0 aliphatic carbocycles. The van der Waals surface area contributed by atoms with E-state index in [1.165, 1.54) is 0 Å². The van der Waals surface area contributed by atoms with E-state index >= 15 is 0 Å². The minimum Gasteiger partial charge on any atom is -0.391 e. The van der Waals surface area contributed by atoms with Gasteiger partial charge in [0.05, 0.1) is 18.1 Å². The van der Waals surface area contributed by atoms with E-state index in [4.69, 9.17) is 26.6 Å². The third-order valence-corrected chi connectivity index (χ3v) is 1.73. The van der Waals surface area contributed by atoms with Gasteiger partial charge in [0.25, 0.3) is 0 Å². The highest BCUT2D eigenvalue weighted by atomic mass is 35.5. The van der Waals surface area contributed by atoms with E-state index in [9.17, 15) is 0 Å². The maximum atomic E-state index is 8.98. The van der Waals surface area contributed by atoms with Crippen molar-refractivity contribution in [3.05, 3.63) is 0 Å². The van der Waals surface area contributed by atoms with E-state index in [2.05, 4.69) is 0 Å². The third kappa shape index (κ3) is 1.79. The zero-order valence-corrected chi connectivity index (χ0v) is 5.58. The Bertz CT molecular complexity index is 98.2. The second-order valence-electron chi connectivity index (χ2n) is 2.11. The van der Waals surface area contributed by atoms with Crippen LogP contribution in [0.3, 0.4) is 0 Å². The van der Waals surface area contributed by atoms with Crippen LogP contribution in [-0.4, -0.2) is 34.6 Å². The van der Waals surface area contributed by atoms with Crippen LogP contribution in [0.1, 0.15) is 6.42 Å². The van der Waals surface area contributed by atoms with Gasteiger partial charge in [0, 0.05) is 6.42 Å². The van der Waals surface area contributed by atoms with Crippen LogP contribution in [-0.2, 0) is 4.74 Å². The maximum absolute atomic E-state index is 8.98. The standard InChI is InChI=1S/C5H9ClO3/c6-3-2-9-5(8)1-4(3)7/h3-5,7-8H,1-2H2/t3-,4-,5-/m1/s1. The Morgan fingerprint density at radius 2 is 2.11 bits per heavy atom. The number of aliphatic hydroxyl groups is 2. The lowest BCUT2D eigenvalue weighted by molar-refractivity contribution is -0.150. The second-order valence-corrected chi connectivity index (χ2v) is 2.67. The summed E-state index contributed by atoms with van der Waals surface area (Å²) in [4.78, 5) is 0. The number of rotatable bonds is 0. The van der Waals surface area contributed by atoms with Crippen LogP contribution in [0.25, 0.3) is 0 Å². The topological polar surface area (TPSA) is 49.7 Å². The molecule has 1 fully saturated rings. The molecule has 0 radical (unpaired) electrons. The summed E-state index contributed by atoms with van der Waals surface area (Å²) in [5, 5.41) is 17.4. The molecule has 1 rings (SSSR count). The van der Waals surface area contributed by atoms with Crippen LogP contribution in [0.5, 0.6) is 0 Å². The molecule has 0 aromatic rings. The fraction of sp³-hybridized carbons (Fsp3) is 1.00. The summed E-state index contributed by atoms with van der Waals surface area (Å²) in [6.45, 7) is 0.226.